The minimum absolute atomic E-state index is 0.204. The molecule has 0 radical (unpaired) electrons. The van der Waals surface area contributed by atoms with Crippen molar-refractivity contribution in [3.63, 3.8) is 0 Å². The summed E-state index contributed by atoms with van der Waals surface area (Å²) in [6.45, 7) is 1.58. The number of carbonyl (C=O) groups is 1. The predicted octanol–water partition coefficient (Wildman–Crippen LogP) is 3.48. The quantitative estimate of drug-likeness (QED) is 0.711. The molecule has 1 aliphatic rings. The molecule has 0 bridgehead atoms. The highest BCUT2D eigenvalue weighted by Crippen LogP contribution is 2.25. The number of hydrogen-bond acceptors (Lipinski definition) is 4. The molecule has 0 atom stereocenters. The minimum atomic E-state index is -3.61. The maximum Gasteiger partial charge on any atom is 0.410 e. The van der Waals surface area contributed by atoms with Gasteiger partial charge >= 0.3 is 6.09 Å². The fourth-order valence-corrected chi connectivity index (χ4v) is 5.35. The van der Waals surface area contributed by atoms with Crippen molar-refractivity contribution in [2.75, 3.05) is 26.2 Å². The topological polar surface area (TPSA) is 66.9 Å². The van der Waals surface area contributed by atoms with E-state index >= 15 is 0 Å². The van der Waals surface area contributed by atoms with Crippen LogP contribution in [0.3, 0.4) is 0 Å². The van der Waals surface area contributed by atoms with Gasteiger partial charge in [-0.05, 0) is 40.0 Å². The van der Waals surface area contributed by atoms with Crippen LogP contribution in [0.4, 0.5) is 4.79 Å². The van der Waals surface area contributed by atoms with Crippen molar-refractivity contribution in [1.82, 2.24) is 9.21 Å². The molecule has 1 fully saturated rings. The fourth-order valence-electron chi connectivity index (χ4n) is 2.92. The Morgan fingerprint density at radius 1 is 0.963 bits per heavy atom. The number of rotatable bonds is 4. The third kappa shape index (κ3) is 4.88. The molecular weight excluding hydrogens is 432 g/mol. The van der Waals surface area contributed by atoms with E-state index < -0.39 is 16.1 Å². The molecule has 144 valence electrons. The summed E-state index contributed by atoms with van der Waals surface area (Å²) in [5, 5.41) is 0. The van der Waals surface area contributed by atoms with E-state index in [4.69, 9.17) is 4.74 Å². The molecule has 3 rings (SSSR count). The summed E-state index contributed by atoms with van der Waals surface area (Å²) in [5.41, 5.74) is 0.916. The second kappa shape index (κ2) is 8.86. The van der Waals surface area contributed by atoms with E-state index in [0.29, 0.717) is 30.5 Å². The Bertz CT molecular complexity index is 890. The van der Waals surface area contributed by atoms with Gasteiger partial charge in [0.15, 0.2) is 0 Å². The molecule has 0 saturated carbocycles. The molecule has 6 nitrogen and oxygen atoms in total. The number of ether oxygens (including phenoxy) is 1. The third-order valence-corrected chi connectivity index (χ3v) is 7.28. The monoisotopic (exact) mass is 452 g/mol. The van der Waals surface area contributed by atoms with Crippen LogP contribution in [0.1, 0.15) is 12.0 Å². The van der Waals surface area contributed by atoms with Crippen LogP contribution in [0.5, 0.6) is 0 Å². The number of sulfonamides is 1. The average molecular weight is 453 g/mol. The molecule has 27 heavy (non-hydrogen) atoms. The van der Waals surface area contributed by atoms with Gasteiger partial charge in [-0.3, -0.25) is 0 Å². The molecule has 0 aromatic heterocycles. The number of nitrogens with zero attached hydrogens (tertiary/aromatic N) is 2. The van der Waals surface area contributed by atoms with Gasteiger partial charge in [-0.1, -0.05) is 42.5 Å². The number of amides is 1. The second-order valence-corrected chi connectivity index (χ2v) is 8.98. The largest absolute Gasteiger partial charge is 0.445 e. The van der Waals surface area contributed by atoms with Crippen LogP contribution < -0.4 is 0 Å². The van der Waals surface area contributed by atoms with E-state index in [-0.39, 0.29) is 18.0 Å². The van der Waals surface area contributed by atoms with Gasteiger partial charge in [0.05, 0.1) is 4.90 Å². The van der Waals surface area contributed by atoms with E-state index in [0.717, 1.165) is 5.56 Å². The van der Waals surface area contributed by atoms with Crippen molar-refractivity contribution in [2.45, 2.75) is 17.9 Å². The van der Waals surface area contributed by atoms with Crippen molar-refractivity contribution >= 4 is 32.0 Å². The fraction of sp³-hybridized carbons (Fsp3) is 0.316. The van der Waals surface area contributed by atoms with Gasteiger partial charge < -0.3 is 9.64 Å². The highest BCUT2D eigenvalue weighted by molar-refractivity contribution is 9.10. The SMILES string of the molecule is O=C(OCc1ccccc1)N1CCCN(S(=O)(=O)c2ccccc2Br)CC1. The summed E-state index contributed by atoms with van der Waals surface area (Å²) in [4.78, 5) is 14.1. The van der Waals surface area contributed by atoms with Crippen molar-refractivity contribution in [3.05, 3.63) is 64.6 Å². The molecule has 2 aromatic carbocycles. The normalized spacial score (nSPS) is 16.0. The van der Waals surface area contributed by atoms with Crippen LogP contribution in [-0.2, 0) is 21.4 Å². The Morgan fingerprint density at radius 2 is 1.67 bits per heavy atom. The first kappa shape index (κ1) is 19.9. The van der Waals surface area contributed by atoms with Crippen LogP contribution in [0.25, 0.3) is 0 Å². The van der Waals surface area contributed by atoms with Crippen molar-refractivity contribution in [1.29, 1.82) is 0 Å². The summed E-state index contributed by atoms with van der Waals surface area (Å²) in [5.74, 6) is 0. The van der Waals surface area contributed by atoms with Gasteiger partial charge in [0.2, 0.25) is 10.0 Å². The molecular formula is C19H21BrN2O4S. The van der Waals surface area contributed by atoms with Crippen LogP contribution in [-0.4, -0.2) is 49.9 Å². The third-order valence-electron chi connectivity index (χ3n) is 4.37. The predicted molar refractivity (Wildman–Crippen MR) is 106 cm³/mol. The van der Waals surface area contributed by atoms with Crippen molar-refractivity contribution < 1.29 is 17.9 Å². The first-order chi connectivity index (χ1) is 13.0. The molecule has 2 aromatic rings. The zero-order valence-corrected chi connectivity index (χ0v) is 17.2. The summed E-state index contributed by atoms with van der Waals surface area (Å²) >= 11 is 3.31. The van der Waals surface area contributed by atoms with Crippen LogP contribution >= 0.6 is 15.9 Å². The van der Waals surface area contributed by atoms with E-state index in [1.54, 1.807) is 29.2 Å². The van der Waals surface area contributed by atoms with Gasteiger partial charge in [0.25, 0.3) is 0 Å². The highest BCUT2D eigenvalue weighted by Gasteiger charge is 2.29. The molecule has 0 spiro atoms. The lowest BCUT2D eigenvalue weighted by Gasteiger charge is -2.22. The number of carbonyl (C=O) groups excluding carboxylic acids is 1. The van der Waals surface area contributed by atoms with Crippen molar-refractivity contribution in [3.8, 4) is 0 Å². The first-order valence-electron chi connectivity index (χ1n) is 8.69. The van der Waals surface area contributed by atoms with Crippen molar-refractivity contribution in [2.24, 2.45) is 0 Å². The highest BCUT2D eigenvalue weighted by atomic mass is 79.9. The smallest absolute Gasteiger partial charge is 0.410 e. The molecule has 1 amide bonds. The molecule has 0 unspecified atom stereocenters. The summed E-state index contributed by atoms with van der Waals surface area (Å²) in [7, 11) is -3.61. The summed E-state index contributed by atoms with van der Waals surface area (Å²) in [6, 6.07) is 16.2. The molecule has 0 aliphatic carbocycles. The molecule has 1 saturated heterocycles. The lowest BCUT2D eigenvalue weighted by Crippen LogP contribution is -2.37. The van der Waals surface area contributed by atoms with Crippen LogP contribution in [0.2, 0.25) is 0 Å². The van der Waals surface area contributed by atoms with Gasteiger partial charge in [0, 0.05) is 30.7 Å². The Kier molecular flexibility index (Phi) is 6.51. The lowest BCUT2D eigenvalue weighted by atomic mass is 10.2. The zero-order valence-electron chi connectivity index (χ0n) is 14.8. The van der Waals surface area contributed by atoms with Gasteiger partial charge in [-0.15, -0.1) is 0 Å². The summed E-state index contributed by atoms with van der Waals surface area (Å²) in [6.07, 6.45) is 0.142. The van der Waals surface area contributed by atoms with Crippen LogP contribution in [0.15, 0.2) is 64.0 Å². The molecule has 8 heteroatoms. The first-order valence-corrected chi connectivity index (χ1v) is 10.9. The van der Waals surface area contributed by atoms with E-state index in [9.17, 15) is 13.2 Å². The molecule has 0 N–H and O–H groups in total. The molecule has 1 aliphatic heterocycles. The van der Waals surface area contributed by atoms with Crippen LogP contribution in [0, 0.1) is 0 Å². The lowest BCUT2D eigenvalue weighted by molar-refractivity contribution is 0.0980. The zero-order chi connectivity index (χ0) is 19.3. The van der Waals surface area contributed by atoms with E-state index in [2.05, 4.69) is 15.9 Å². The van der Waals surface area contributed by atoms with Gasteiger partial charge in [-0.2, -0.15) is 4.31 Å². The maximum atomic E-state index is 12.9. The molecule has 1 heterocycles. The Balaban J connectivity index is 1.61. The maximum absolute atomic E-state index is 12.9. The number of halogens is 1. The number of hydrogen-bond donors (Lipinski definition) is 0. The van der Waals surface area contributed by atoms with Gasteiger partial charge in [0.1, 0.15) is 6.61 Å². The Hall–Kier alpha value is -1.90. The number of benzene rings is 2. The Morgan fingerprint density at radius 3 is 2.41 bits per heavy atom. The van der Waals surface area contributed by atoms with E-state index in [1.807, 2.05) is 30.3 Å². The Labute approximate surface area is 167 Å². The van der Waals surface area contributed by atoms with E-state index in [1.165, 1.54) is 4.31 Å². The minimum Gasteiger partial charge on any atom is -0.445 e. The summed E-state index contributed by atoms with van der Waals surface area (Å²) < 4.78 is 33.1. The standard InChI is InChI=1S/C19H21BrN2O4S/c20-17-9-4-5-10-18(17)27(24,25)22-12-6-11-21(13-14-22)19(23)26-15-16-7-2-1-3-8-16/h1-5,7-10H,6,11-15H2. The average Bonchev–Trinajstić information content (AvgIpc) is 2.94. The van der Waals surface area contributed by atoms with Gasteiger partial charge in [-0.25, -0.2) is 13.2 Å². The second-order valence-electron chi connectivity index (χ2n) is 6.22.